The largest absolute Gasteiger partial charge is 0.299 e. The highest BCUT2D eigenvalue weighted by Gasteiger charge is 2.48. The predicted octanol–water partition coefficient (Wildman–Crippen LogP) is 3.76. The summed E-state index contributed by atoms with van der Waals surface area (Å²) in [4.78, 5) is -2.70. The maximum absolute atomic E-state index is 13.2. The van der Waals surface area contributed by atoms with Crippen LogP contribution in [0.1, 0.15) is 45.4 Å². The van der Waals surface area contributed by atoms with Crippen LogP contribution in [0.5, 0.6) is 0 Å². The highest BCUT2D eigenvalue weighted by Crippen LogP contribution is 2.56. The molecule has 0 nitrogen and oxygen atoms in total. The Balaban J connectivity index is 2.49. The van der Waals surface area contributed by atoms with E-state index in [9.17, 15) is 8.78 Å². The van der Waals surface area contributed by atoms with Crippen molar-refractivity contribution in [1.82, 2.24) is 0 Å². The third-order valence-electron chi connectivity index (χ3n) is 3.59. The minimum Gasteiger partial charge on any atom is -0.194 e. The molecule has 0 radical (unpaired) electrons. The minimum atomic E-state index is -2.70. The van der Waals surface area contributed by atoms with Crippen molar-refractivity contribution in [3.63, 3.8) is 0 Å². The van der Waals surface area contributed by atoms with Gasteiger partial charge in [0, 0.05) is 5.31 Å². The Morgan fingerprint density at radius 2 is 1.93 bits per heavy atom. The van der Waals surface area contributed by atoms with Crippen molar-refractivity contribution in [3.05, 3.63) is 0 Å². The Bertz CT molecular complexity index is 183. The Kier molecular flexibility index (Phi) is 4.01. The van der Waals surface area contributed by atoms with Crippen LogP contribution in [0.2, 0.25) is 5.31 Å². The summed E-state index contributed by atoms with van der Waals surface area (Å²) in [7, 11) is 1.70. The lowest BCUT2D eigenvalue weighted by molar-refractivity contribution is 0.0305. The van der Waals surface area contributed by atoms with Gasteiger partial charge in [-0.25, -0.2) is 0 Å². The van der Waals surface area contributed by atoms with Crippen molar-refractivity contribution in [2.45, 2.75) is 55.6 Å². The van der Waals surface area contributed by atoms with Crippen molar-refractivity contribution in [2.75, 3.05) is 0 Å². The smallest absolute Gasteiger partial charge is 0.194 e. The summed E-state index contributed by atoms with van der Waals surface area (Å²) in [6.45, 7) is 2.16. The van der Waals surface area contributed by atoms with E-state index in [0.29, 0.717) is 18.8 Å². The van der Waals surface area contributed by atoms with E-state index in [1.54, 1.807) is 7.85 Å². The van der Waals surface area contributed by atoms with Gasteiger partial charge >= 0.3 is 0 Å². The first kappa shape index (κ1) is 12.5. The zero-order valence-electron chi connectivity index (χ0n) is 8.95. The van der Waals surface area contributed by atoms with Crippen LogP contribution in [0.15, 0.2) is 0 Å². The van der Waals surface area contributed by atoms with Crippen LogP contribution < -0.4 is 0 Å². The van der Waals surface area contributed by atoms with Gasteiger partial charge in [0.25, 0.3) is 4.83 Å². The predicted molar refractivity (Wildman–Crippen MR) is 62.0 cm³/mol. The van der Waals surface area contributed by atoms with Gasteiger partial charge in [-0.3, -0.25) is 0 Å². The molecule has 0 aromatic heterocycles. The first-order chi connectivity index (χ1) is 6.39. The van der Waals surface area contributed by atoms with Gasteiger partial charge in [-0.2, -0.15) is 8.78 Å². The van der Waals surface area contributed by atoms with E-state index in [2.05, 4.69) is 22.9 Å². The molecule has 4 heteroatoms. The average Bonchev–Trinajstić information content (AvgIpc) is 2.08. The van der Waals surface area contributed by atoms with E-state index in [4.69, 9.17) is 0 Å². The normalized spacial score (nSPS) is 34.4. The molecule has 0 aromatic carbocycles. The van der Waals surface area contributed by atoms with E-state index in [1.165, 1.54) is 12.8 Å². The van der Waals surface area contributed by atoms with Crippen LogP contribution in [0, 0.1) is 5.92 Å². The third kappa shape index (κ3) is 2.71. The molecule has 0 aliphatic heterocycles. The first-order valence-electron chi connectivity index (χ1n) is 5.46. The molecule has 0 amide bonds. The van der Waals surface area contributed by atoms with E-state index in [-0.39, 0.29) is 0 Å². The molecule has 0 N–H and O–H groups in total. The molecule has 0 aromatic rings. The topological polar surface area (TPSA) is 0 Å². The highest BCUT2D eigenvalue weighted by molar-refractivity contribution is 9.10. The van der Waals surface area contributed by atoms with Crippen LogP contribution in [0.3, 0.4) is 0 Å². The van der Waals surface area contributed by atoms with Gasteiger partial charge in [0.15, 0.2) is 0 Å². The zero-order valence-corrected chi connectivity index (χ0v) is 10.5. The maximum atomic E-state index is 13.2. The summed E-state index contributed by atoms with van der Waals surface area (Å²) >= 11 is 2.52. The summed E-state index contributed by atoms with van der Waals surface area (Å²) in [5.41, 5.74) is 0. The van der Waals surface area contributed by atoms with Crippen LogP contribution in [0.4, 0.5) is 8.78 Å². The summed E-state index contributed by atoms with van der Waals surface area (Å²) in [6, 6.07) is 0. The van der Waals surface area contributed by atoms with Gasteiger partial charge in [-0.15, -0.1) is 0 Å². The molecule has 82 valence electrons. The molecule has 0 atom stereocenters. The van der Waals surface area contributed by atoms with Crippen molar-refractivity contribution in [2.24, 2.45) is 5.92 Å². The van der Waals surface area contributed by atoms with E-state index in [0.717, 1.165) is 12.8 Å². The summed E-state index contributed by atoms with van der Waals surface area (Å²) in [5.74, 6) is 0.683. The van der Waals surface area contributed by atoms with Crippen LogP contribution in [0.25, 0.3) is 0 Å². The fourth-order valence-electron chi connectivity index (χ4n) is 2.30. The second-order valence-electron chi connectivity index (χ2n) is 4.79. The molecule has 1 rings (SSSR count). The molecule has 1 aliphatic carbocycles. The fourth-order valence-corrected chi connectivity index (χ4v) is 2.69. The second kappa shape index (κ2) is 4.50. The number of hydrogen-bond donors (Lipinski definition) is 0. The average molecular weight is 267 g/mol. The quantitative estimate of drug-likeness (QED) is 0.539. The lowest BCUT2D eigenvalue weighted by Crippen LogP contribution is -2.34. The molecule has 0 unspecified atom stereocenters. The first-order valence-corrected chi connectivity index (χ1v) is 6.25. The van der Waals surface area contributed by atoms with Gasteiger partial charge in [0.1, 0.15) is 7.85 Å². The molecule has 1 saturated carbocycles. The summed E-state index contributed by atoms with van der Waals surface area (Å²) < 4.78 is 26.4. The Morgan fingerprint density at radius 1 is 1.43 bits per heavy atom. The Labute approximate surface area is 94.4 Å². The van der Waals surface area contributed by atoms with Gasteiger partial charge in [0.05, 0.1) is 0 Å². The third-order valence-corrected chi connectivity index (χ3v) is 4.55. The van der Waals surface area contributed by atoms with Crippen molar-refractivity contribution in [3.8, 4) is 0 Å². The van der Waals surface area contributed by atoms with Crippen LogP contribution in [-0.4, -0.2) is 12.7 Å². The number of rotatable bonds is 3. The summed E-state index contributed by atoms with van der Waals surface area (Å²) in [5, 5.41) is -0.822. The Morgan fingerprint density at radius 3 is 2.29 bits per heavy atom. The number of alkyl halides is 3. The molecular weight excluding hydrogens is 249 g/mol. The van der Waals surface area contributed by atoms with Crippen molar-refractivity contribution < 1.29 is 8.78 Å². The molecule has 14 heavy (non-hydrogen) atoms. The molecular formula is C10H18BBrF2. The lowest BCUT2D eigenvalue weighted by Gasteiger charge is -2.40. The fraction of sp³-hybridized carbons (Fsp3) is 1.00. The zero-order chi connectivity index (χ0) is 10.8. The SMILES string of the molecule is BC1(C(F)(F)Br)CCC(CCC)CC1. The van der Waals surface area contributed by atoms with E-state index >= 15 is 0 Å². The number of halogens is 3. The standard InChI is InChI=1S/C10H18BBrF2/c1-2-3-8-4-6-9(11,7-5-8)10(12,13)14/h8H,2-7,11H2,1H3. The minimum absolute atomic E-state index is 0.649. The number of hydrogen-bond acceptors (Lipinski definition) is 0. The molecule has 1 fully saturated rings. The molecule has 0 saturated heterocycles. The Hall–Kier alpha value is 0.405. The highest BCUT2D eigenvalue weighted by atomic mass is 79.9. The van der Waals surface area contributed by atoms with Crippen molar-refractivity contribution in [1.29, 1.82) is 0 Å². The summed E-state index contributed by atoms with van der Waals surface area (Å²) in [6.07, 6.45) is 5.60. The van der Waals surface area contributed by atoms with Gasteiger partial charge in [-0.05, 0) is 34.7 Å². The van der Waals surface area contributed by atoms with Crippen LogP contribution in [-0.2, 0) is 0 Å². The van der Waals surface area contributed by atoms with Crippen molar-refractivity contribution >= 4 is 23.8 Å². The van der Waals surface area contributed by atoms with Gasteiger partial charge in [0.2, 0.25) is 0 Å². The molecule has 0 heterocycles. The lowest BCUT2D eigenvalue weighted by atomic mass is 9.58. The maximum Gasteiger partial charge on any atom is 0.299 e. The molecule has 0 bridgehead atoms. The van der Waals surface area contributed by atoms with Gasteiger partial charge in [-0.1, -0.05) is 32.6 Å². The monoisotopic (exact) mass is 266 g/mol. The van der Waals surface area contributed by atoms with E-state index < -0.39 is 10.1 Å². The molecule has 0 spiro atoms. The molecule has 1 aliphatic rings. The second-order valence-corrected chi connectivity index (χ2v) is 5.79. The van der Waals surface area contributed by atoms with E-state index in [1.807, 2.05) is 0 Å². The van der Waals surface area contributed by atoms with Crippen LogP contribution >= 0.6 is 15.9 Å². The van der Waals surface area contributed by atoms with Gasteiger partial charge < -0.3 is 0 Å².